The number of benzene rings is 6. The van der Waals surface area contributed by atoms with Gasteiger partial charge in [-0.25, -0.2) is 15.0 Å². The maximum atomic E-state index is 6.23. The Hall–Kier alpha value is -6.33. The fourth-order valence-electron chi connectivity index (χ4n) is 7.38. The standard InChI is InChI=1S/C48H42N4O/c1-4-34-14-10-11-18-38(34)27-32(3)39(29-37-17-9-8-13-31(37)2)28-33-21-23-36(24-22-33)47-50-46(35-15-6-5-7-16-35)51-48(52-47)41-19-12-20-44-45(41)42-30-40(49)25-26-43(42)53-44/h4-27,30,32,39H,28-29,49H2,1-3H3/b34-4-,38-27-/t32?,39-/m0/s1. The molecule has 0 aliphatic heterocycles. The summed E-state index contributed by atoms with van der Waals surface area (Å²) in [5.41, 5.74) is 15.2. The Bertz CT molecular complexity index is 2680. The third-order valence-corrected chi connectivity index (χ3v) is 10.4. The summed E-state index contributed by atoms with van der Waals surface area (Å²) in [4.78, 5) is 15.1. The Labute approximate surface area is 310 Å². The first-order valence-electron chi connectivity index (χ1n) is 18.3. The van der Waals surface area contributed by atoms with E-state index in [1.165, 1.54) is 27.1 Å². The van der Waals surface area contributed by atoms with Crippen molar-refractivity contribution in [1.29, 1.82) is 0 Å². The molecule has 0 aliphatic carbocycles. The van der Waals surface area contributed by atoms with Crippen molar-refractivity contribution < 1.29 is 4.42 Å². The van der Waals surface area contributed by atoms with Crippen molar-refractivity contribution in [3.63, 3.8) is 0 Å². The normalized spacial score (nSPS) is 13.5. The van der Waals surface area contributed by atoms with Crippen LogP contribution in [0.15, 0.2) is 144 Å². The lowest BCUT2D eigenvalue weighted by Crippen LogP contribution is -2.26. The Balaban J connectivity index is 1.18. The quantitative estimate of drug-likeness (QED) is 0.153. The number of nitrogen functional groups attached to an aromatic ring is 1. The van der Waals surface area contributed by atoms with Crippen molar-refractivity contribution in [2.24, 2.45) is 11.8 Å². The maximum absolute atomic E-state index is 6.23. The van der Waals surface area contributed by atoms with Crippen molar-refractivity contribution >= 4 is 39.8 Å². The van der Waals surface area contributed by atoms with Crippen LogP contribution in [0.4, 0.5) is 5.69 Å². The van der Waals surface area contributed by atoms with Gasteiger partial charge in [0.2, 0.25) is 0 Å². The van der Waals surface area contributed by atoms with Crippen LogP contribution in [-0.2, 0) is 12.8 Å². The van der Waals surface area contributed by atoms with Crippen molar-refractivity contribution in [2.75, 3.05) is 5.73 Å². The zero-order valence-electron chi connectivity index (χ0n) is 30.3. The zero-order valence-corrected chi connectivity index (χ0v) is 30.3. The topological polar surface area (TPSA) is 77.8 Å². The van der Waals surface area contributed by atoms with Gasteiger partial charge in [-0.1, -0.05) is 134 Å². The maximum Gasteiger partial charge on any atom is 0.164 e. The molecule has 260 valence electrons. The van der Waals surface area contributed by atoms with Crippen LogP contribution >= 0.6 is 0 Å². The highest BCUT2D eigenvalue weighted by Crippen LogP contribution is 2.37. The van der Waals surface area contributed by atoms with Crippen molar-refractivity contribution in [3.8, 4) is 34.2 Å². The van der Waals surface area contributed by atoms with E-state index in [1.807, 2.05) is 66.7 Å². The number of nitrogens with zero attached hydrogens (tertiary/aromatic N) is 3. The van der Waals surface area contributed by atoms with E-state index in [0.717, 1.165) is 51.5 Å². The second-order valence-corrected chi connectivity index (χ2v) is 13.9. The lowest BCUT2D eigenvalue weighted by atomic mass is 9.81. The molecule has 1 unspecified atom stereocenters. The van der Waals surface area contributed by atoms with Crippen LogP contribution in [0.2, 0.25) is 0 Å². The summed E-state index contributed by atoms with van der Waals surface area (Å²) < 4.78 is 6.22. The molecule has 0 aliphatic rings. The first-order valence-corrected chi connectivity index (χ1v) is 18.3. The number of aromatic nitrogens is 3. The molecule has 6 aromatic carbocycles. The molecule has 2 aromatic heterocycles. The van der Waals surface area contributed by atoms with Gasteiger partial charge in [-0.05, 0) is 89.9 Å². The number of hydrogen-bond acceptors (Lipinski definition) is 5. The average molecular weight is 691 g/mol. The second kappa shape index (κ2) is 14.7. The summed E-state index contributed by atoms with van der Waals surface area (Å²) in [6.07, 6.45) is 6.58. The summed E-state index contributed by atoms with van der Waals surface area (Å²) >= 11 is 0. The fourth-order valence-corrected chi connectivity index (χ4v) is 7.38. The molecule has 0 saturated heterocycles. The van der Waals surface area contributed by atoms with Crippen LogP contribution in [-0.4, -0.2) is 15.0 Å². The zero-order chi connectivity index (χ0) is 36.3. The van der Waals surface area contributed by atoms with E-state index in [2.05, 4.69) is 106 Å². The highest BCUT2D eigenvalue weighted by atomic mass is 16.3. The highest BCUT2D eigenvalue weighted by molar-refractivity contribution is 6.12. The van der Waals surface area contributed by atoms with E-state index in [-0.39, 0.29) is 0 Å². The average Bonchev–Trinajstić information content (AvgIpc) is 3.57. The Morgan fingerprint density at radius 2 is 1.32 bits per heavy atom. The molecule has 2 atom stereocenters. The summed E-state index contributed by atoms with van der Waals surface area (Å²) in [6.45, 7) is 6.69. The molecule has 5 nitrogen and oxygen atoms in total. The van der Waals surface area contributed by atoms with Crippen LogP contribution in [0.5, 0.6) is 0 Å². The molecule has 2 N–H and O–H groups in total. The fraction of sp³-hybridized carbons (Fsp3) is 0.146. The van der Waals surface area contributed by atoms with Gasteiger partial charge in [0.1, 0.15) is 11.2 Å². The molecule has 5 heteroatoms. The molecule has 0 saturated carbocycles. The molecular formula is C48H42N4O. The van der Waals surface area contributed by atoms with Crippen molar-refractivity contribution in [3.05, 3.63) is 167 Å². The number of fused-ring (bicyclic) bond motifs is 3. The third kappa shape index (κ3) is 7.11. The minimum absolute atomic E-state index is 0.354. The van der Waals surface area contributed by atoms with E-state index < -0.39 is 0 Å². The number of anilines is 1. The number of rotatable bonds is 9. The van der Waals surface area contributed by atoms with Gasteiger partial charge in [0.05, 0.1) is 0 Å². The van der Waals surface area contributed by atoms with Crippen LogP contribution < -0.4 is 16.2 Å². The highest BCUT2D eigenvalue weighted by Gasteiger charge is 2.20. The van der Waals surface area contributed by atoms with Crippen LogP contribution in [0.3, 0.4) is 0 Å². The minimum atomic E-state index is 0.354. The van der Waals surface area contributed by atoms with Gasteiger partial charge in [0.15, 0.2) is 17.5 Å². The van der Waals surface area contributed by atoms with Gasteiger partial charge in [-0.2, -0.15) is 0 Å². The van der Waals surface area contributed by atoms with Crippen LogP contribution in [0.1, 0.15) is 30.5 Å². The van der Waals surface area contributed by atoms with E-state index >= 15 is 0 Å². The van der Waals surface area contributed by atoms with Crippen molar-refractivity contribution in [2.45, 2.75) is 33.6 Å². The first-order chi connectivity index (χ1) is 25.9. The third-order valence-electron chi connectivity index (χ3n) is 10.4. The van der Waals surface area contributed by atoms with E-state index in [1.54, 1.807) is 0 Å². The predicted octanol–water partition coefficient (Wildman–Crippen LogP) is 9.98. The predicted molar refractivity (Wildman–Crippen MR) is 219 cm³/mol. The minimum Gasteiger partial charge on any atom is -0.456 e. The van der Waals surface area contributed by atoms with E-state index in [9.17, 15) is 0 Å². The smallest absolute Gasteiger partial charge is 0.164 e. The van der Waals surface area contributed by atoms with Gasteiger partial charge < -0.3 is 10.2 Å². The van der Waals surface area contributed by atoms with E-state index in [0.29, 0.717) is 35.0 Å². The molecule has 0 bridgehead atoms. The number of hydrogen-bond donors (Lipinski definition) is 1. The molecule has 8 rings (SSSR count). The number of aryl methyl sites for hydroxylation is 1. The van der Waals surface area contributed by atoms with Gasteiger partial charge >= 0.3 is 0 Å². The van der Waals surface area contributed by atoms with Crippen LogP contribution in [0.25, 0.3) is 68.3 Å². The largest absolute Gasteiger partial charge is 0.456 e. The molecular weight excluding hydrogens is 649 g/mol. The Morgan fingerprint density at radius 1 is 0.642 bits per heavy atom. The Morgan fingerprint density at radius 3 is 2.08 bits per heavy atom. The monoisotopic (exact) mass is 690 g/mol. The van der Waals surface area contributed by atoms with Gasteiger partial charge in [0, 0.05) is 33.2 Å². The molecule has 0 fully saturated rings. The lowest BCUT2D eigenvalue weighted by Gasteiger charge is -2.23. The summed E-state index contributed by atoms with van der Waals surface area (Å²) in [5, 5.41) is 4.43. The SMILES string of the molecule is C/C=c1/cccc/c1=C/C(C)[C@@H](Cc1ccc(-c2nc(-c3ccccc3)nc(-c3cccc4oc5ccc(N)cc5c34)n2)cc1)Cc1ccccc1C. The van der Waals surface area contributed by atoms with Crippen LogP contribution in [0, 0.1) is 18.8 Å². The van der Waals surface area contributed by atoms with Crippen molar-refractivity contribution in [1.82, 2.24) is 15.0 Å². The lowest BCUT2D eigenvalue weighted by molar-refractivity contribution is 0.431. The molecule has 2 heterocycles. The molecule has 0 radical (unpaired) electrons. The molecule has 8 aromatic rings. The summed E-state index contributed by atoms with van der Waals surface area (Å²) in [6, 6.07) is 48.0. The van der Waals surface area contributed by atoms with Gasteiger partial charge in [-0.15, -0.1) is 0 Å². The number of furan rings is 1. The Kier molecular flexibility index (Phi) is 9.39. The molecule has 0 spiro atoms. The van der Waals surface area contributed by atoms with Gasteiger partial charge in [-0.3, -0.25) is 0 Å². The van der Waals surface area contributed by atoms with E-state index in [4.69, 9.17) is 25.1 Å². The summed E-state index contributed by atoms with van der Waals surface area (Å²) in [5.74, 6) is 2.58. The first kappa shape index (κ1) is 33.8. The van der Waals surface area contributed by atoms with Gasteiger partial charge in [0.25, 0.3) is 0 Å². The number of nitrogens with two attached hydrogens (primary N) is 1. The summed E-state index contributed by atoms with van der Waals surface area (Å²) in [7, 11) is 0. The second-order valence-electron chi connectivity index (χ2n) is 13.9. The molecule has 53 heavy (non-hydrogen) atoms. The molecule has 0 amide bonds.